The fourth-order valence-electron chi connectivity index (χ4n) is 1.91. The normalized spacial score (nSPS) is 10.5. The number of hydrogen-bond acceptors (Lipinski definition) is 4. The van der Waals surface area contributed by atoms with E-state index in [1.807, 2.05) is 13.8 Å². The zero-order valence-corrected chi connectivity index (χ0v) is 12.8. The number of phenolic OH excluding ortho intramolecular Hbond substituents is 1. The lowest BCUT2D eigenvalue weighted by atomic mass is 10.2. The van der Waals surface area contributed by atoms with Gasteiger partial charge < -0.3 is 20.6 Å². The first-order valence-corrected chi connectivity index (χ1v) is 7.09. The number of aryl methyl sites for hydroxylation is 1. The molecule has 0 radical (unpaired) electrons. The van der Waals surface area contributed by atoms with E-state index in [1.165, 1.54) is 12.1 Å². The lowest BCUT2D eigenvalue weighted by Gasteiger charge is -2.17. The van der Waals surface area contributed by atoms with Crippen LogP contribution in [-0.2, 0) is 9.59 Å². The molecular weight excluding hydrogens is 270 g/mol. The molecule has 1 aromatic carbocycles. The Balaban J connectivity index is 2.46. The zero-order chi connectivity index (χ0) is 15.8. The summed E-state index contributed by atoms with van der Waals surface area (Å²) in [7, 11) is 0. The van der Waals surface area contributed by atoms with Crippen LogP contribution in [0.25, 0.3) is 0 Å². The van der Waals surface area contributed by atoms with Crippen molar-refractivity contribution in [2.24, 2.45) is 0 Å². The van der Waals surface area contributed by atoms with Crippen molar-refractivity contribution in [3.05, 3.63) is 23.8 Å². The first kappa shape index (κ1) is 17.0. The number of amides is 2. The van der Waals surface area contributed by atoms with Crippen molar-refractivity contribution in [1.82, 2.24) is 10.2 Å². The Labute approximate surface area is 125 Å². The fraction of sp³-hybridized carbons (Fsp3) is 0.467. The summed E-state index contributed by atoms with van der Waals surface area (Å²) in [6, 6.07) is 4.54. The summed E-state index contributed by atoms with van der Waals surface area (Å²) in [6.45, 7) is 8.80. The van der Waals surface area contributed by atoms with Gasteiger partial charge in [-0.05, 0) is 43.8 Å². The summed E-state index contributed by atoms with van der Waals surface area (Å²) in [5.74, 6) is -1.24. The highest BCUT2D eigenvalue weighted by Crippen LogP contribution is 2.19. The molecule has 0 aromatic heterocycles. The Bertz CT molecular complexity index is 499. The molecule has 1 aromatic rings. The number of likely N-dealkylation sites (N-methyl/N-ethyl adjacent to an activating group) is 1. The number of rotatable bonds is 6. The minimum atomic E-state index is -0.705. The van der Waals surface area contributed by atoms with Gasteiger partial charge in [-0.15, -0.1) is 0 Å². The second kappa shape index (κ2) is 8.26. The topological polar surface area (TPSA) is 81.7 Å². The second-order valence-electron chi connectivity index (χ2n) is 4.74. The summed E-state index contributed by atoms with van der Waals surface area (Å²) < 4.78 is 0. The molecule has 0 fully saturated rings. The van der Waals surface area contributed by atoms with Crippen molar-refractivity contribution < 1.29 is 14.7 Å². The Kier molecular flexibility index (Phi) is 6.68. The Morgan fingerprint density at radius 3 is 2.43 bits per heavy atom. The van der Waals surface area contributed by atoms with Crippen molar-refractivity contribution in [1.29, 1.82) is 0 Å². The van der Waals surface area contributed by atoms with Crippen LogP contribution in [0.4, 0.5) is 5.69 Å². The summed E-state index contributed by atoms with van der Waals surface area (Å²) in [5, 5.41) is 14.4. The molecule has 3 N–H and O–H groups in total. The van der Waals surface area contributed by atoms with E-state index >= 15 is 0 Å². The molecule has 0 unspecified atom stereocenters. The SMILES string of the molecule is CCN(CC)CCNC(=O)C(=O)Nc1ccc(O)cc1C. The lowest BCUT2D eigenvalue weighted by Crippen LogP contribution is -2.40. The molecule has 0 spiro atoms. The number of anilines is 1. The molecule has 1 rings (SSSR count). The molecule has 0 saturated carbocycles. The van der Waals surface area contributed by atoms with Crippen LogP contribution in [0.3, 0.4) is 0 Å². The van der Waals surface area contributed by atoms with Gasteiger partial charge in [-0.3, -0.25) is 9.59 Å². The number of nitrogens with one attached hydrogen (secondary N) is 2. The summed E-state index contributed by atoms with van der Waals surface area (Å²) in [6.07, 6.45) is 0. The van der Waals surface area contributed by atoms with Crippen molar-refractivity contribution in [3.8, 4) is 5.75 Å². The number of carbonyl (C=O) groups excluding carboxylic acids is 2. The van der Waals surface area contributed by atoms with Crippen LogP contribution in [0.1, 0.15) is 19.4 Å². The molecule has 6 heteroatoms. The third-order valence-electron chi connectivity index (χ3n) is 3.27. The van der Waals surface area contributed by atoms with Gasteiger partial charge in [-0.2, -0.15) is 0 Å². The van der Waals surface area contributed by atoms with E-state index in [9.17, 15) is 14.7 Å². The van der Waals surface area contributed by atoms with E-state index in [4.69, 9.17) is 0 Å². The number of carbonyl (C=O) groups is 2. The van der Waals surface area contributed by atoms with Crippen molar-refractivity contribution in [3.63, 3.8) is 0 Å². The first-order chi connectivity index (χ1) is 9.97. The van der Waals surface area contributed by atoms with Crippen LogP contribution >= 0.6 is 0 Å². The maximum Gasteiger partial charge on any atom is 0.313 e. The first-order valence-electron chi connectivity index (χ1n) is 7.09. The van der Waals surface area contributed by atoms with Gasteiger partial charge in [-0.1, -0.05) is 13.8 Å². The molecule has 0 heterocycles. The van der Waals surface area contributed by atoms with E-state index in [2.05, 4.69) is 15.5 Å². The second-order valence-corrected chi connectivity index (χ2v) is 4.74. The van der Waals surface area contributed by atoms with Crippen LogP contribution < -0.4 is 10.6 Å². The maximum atomic E-state index is 11.8. The predicted molar refractivity (Wildman–Crippen MR) is 82.3 cm³/mol. The summed E-state index contributed by atoms with van der Waals surface area (Å²) in [4.78, 5) is 25.6. The number of hydrogen-bond donors (Lipinski definition) is 3. The van der Waals surface area contributed by atoms with Gasteiger partial charge in [0.25, 0.3) is 0 Å². The van der Waals surface area contributed by atoms with Gasteiger partial charge in [-0.25, -0.2) is 0 Å². The fourth-order valence-corrected chi connectivity index (χ4v) is 1.91. The predicted octanol–water partition coefficient (Wildman–Crippen LogP) is 1.10. The molecule has 0 atom stereocenters. The largest absolute Gasteiger partial charge is 0.508 e. The average molecular weight is 293 g/mol. The van der Waals surface area contributed by atoms with Crippen LogP contribution in [-0.4, -0.2) is 48.0 Å². The Morgan fingerprint density at radius 2 is 1.86 bits per heavy atom. The van der Waals surface area contributed by atoms with E-state index in [0.717, 1.165) is 13.1 Å². The highest BCUT2D eigenvalue weighted by Gasteiger charge is 2.14. The maximum absolute atomic E-state index is 11.8. The number of benzene rings is 1. The minimum Gasteiger partial charge on any atom is -0.508 e. The van der Waals surface area contributed by atoms with Gasteiger partial charge in [0.2, 0.25) is 0 Å². The molecule has 21 heavy (non-hydrogen) atoms. The molecule has 0 aliphatic heterocycles. The van der Waals surface area contributed by atoms with Crippen molar-refractivity contribution in [2.45, 2.75) is 20.8 Å². The van der Waals surface area contributed by atoms with Gasteiger partial charge in [0.15, 0.2) is 0 Å². The highest BCUT2D eigenvalue weighted by molar-refractivity contribution is 6.39. The van der Waals surface area contributed by atoms with Gasteiger partial charge in [0.1, 0.15) is 5.75 Å². The molecule has 0 saturated heterocycles. The number of nitrogens with zero attached hydrogens (tertiary/aromatic N) is 1. The average Bonchev–Trinajstić information content (AvgIpc) is 2.46. The van der Waals surface area contributed by atoms with E-state index in [1.54, 1.807) is 13.0 Å². The zero-order valence-electron chi connectivity index (χ0n) is 12.8. The van der Waals surface area contributed by atoms with Crippen molar-refractivity contribution in [2.75, 3.05) is 31.5 Å². The molecule has 0 aliphatic rings. The van der Waals surface area contributed by atoms with Gasteiger partial charge in [0, 0.05) is 18.8 Å². The Morgan fingerprint density at radius 1 is 1.19 bits per heavy atom. The van der Waals surface area contributed by atoms with Crippen LogP contribution in [0.2, 0.25) is 0 Å². The number of phenols is 1. The summed E-state index contributed by atoms with van der Waals surface area (Å²) in [5.41, 5.74) is 1.20. The molecule has 6 nitrogen and oxygen atoms in total. The van der Waals surface area contributed by atoms with Crippen LogP contribution in [0, 0.1) is 6.92 Å². The third kappa shape index (κ3) is 5.43. The summed E-state index contributed by atoms with van der Waals surface area (Å²) >= 11 is 0. The molecule has 0 aliphatic carbocycles. The van der Waals surface area contributed by atoms with E-state index < -0.39 is 11.8 Å². The Hall–Kier alpha value is -2.08. The van der Waals surface area contributed by atoms with Gasteiger partial charge >= 0.3 is 11.8 Å². The monoisotopic (exact) mass is 293 g/mol. The third-order valence-corrected chi connectivity index (χ3v) is 3.27. The molecule has 116 valence electrons. The van der Waals surface area contributed by atoms with Crippen LogP contribution in [0.5, 0.6) is 5.75 Å². The van der Waals surface area contributed by atoms with Gasteiger partial charge in [0.05, 0.1) is 0 Å². The van der Waals surface area contributed by atoms with Crippen molar-refractivity contribution >= 4 is 17.5 Å². The minimum absolute atomic E-state index is 0.120. The smallest absolute Gasteiger partial charge is 0.313 e. The lowest BCUT2D eigenvalue weighted by molar-refractivity contribution is -0.136. The number of aromatic hydroxyl groups is 1. The van der Waals surface area contributed by atoms with Crippen LogP contribution in [0.15, 0.2) is 18.2 Å². The highest BCUT2D eigenvalue weighted by atomic mass is 16.3. The quantitative estimate of drug-likeness (QED) is 0.542. The van der Waals surface area contributed by atoms with E-state index in [-0.39, 0.29) is 5.75 Å². The molecule has 2 amide bonds. The standard InChI is InChI=1S/C15H23N3O3/c1-4-18(5-2)9-8-16-14(20)15(21)17-13-7-6-12(19)10-11(13)3/h6-7,10,19H,4-5,8-9H2,1-3H3,(H,16,20)(H,17,21). The van der Waals surface area contributed by atoms with E-state index in [0.29, 0.717) is 24.3 Å². The molecular formula is C15H23N3O3. The molecule has 0 bridgehead atoms.